The van der Waals surface area contributed by atoms with Crippen LogP contribution >= 0.6 is 0 Å². The van der Waals surface area contributed by atoms with Crippen LogP contribution < -0.4 is 10.6 Å². The lowest BCUT2D eigenvalue weighted by Gasteiger charge is -2.18. The van der Waals surface area contributed by atoms with Crippen molar-refractivity contribution in [3.8, 4) is 6.07 Å². The molecule has 0 spiro atoms. The molecule has 5 heteroatoms. The molecule has 1 heterocycles. The number of cyclic esters (lactones) is 1. The van der Waals surface area contributed by atoms with Gasteiger partial charge in [0.05, 0.1) is 18.2 Å². The van der Waals surface area contributed by atoms with E-state index in [4.69, 9.17) is 15.7 Å². The van der Waals surface area contributed by atoms with Gasteiger partial charge in [-0.25, -0.2) is 4.79 Å². The van der Waals surface area contributed by atoms with Gasteiger partial charge in [-0.2, -0.15) is 5.26 Å². The molecule has 5 nitrogen and oxygen atoms in total. The number of ether oxygens (including phenoxy) is 1. The van der Waals surface area contributed by atoms with Crippen molar-refractivity contribution in [2.24, 2.45) is 5.73 Å². The van der Waals surface area contributed by atoms with Gasteiger partial charge in [0.1, 0.15) is 5.60 Å². The molecule has 1 fully saturated rings. The second-order valence-corrected chi connectivity index (χ2v) is 4.27. The van der Waals surface area contributed by atoms with Crippen LogP contribution in [0.1, 0.15) is 12.5 Å². The lowest BCUT2D eigenvalue weighted by molar-refractivity contribution is 0.0789. The van der Waals surface area contributed by atoms with E-state index in [0.717, 1.165) is 0 Å². The van der Waals surface area contributed by atoms with E-state index in [1.54, 1.807) is 31.2 Å². The quantitative estimate of drug-likeness (QED) is 0.830. The molecular formula is C12H13N3O2. The van der Waals surface area contributed by atoms with Crippen molar-refractivity contribution in [3.05, 3.63) is 29.8 Å². The zero-order chi connectivity index (χ0) is 12.5. The van der Waals surface area contributed by atoms with E-state index in [0.29, 0.717) is 17.8 Å². The Balaban J connectivity index is 2.23. The van der Waals surface area contributed by atoms with Crippen molar-refractivity contribution in [3.63, 3.8) is 0 Å². The van der Waals surface area contributed by atoms with Crippen LogP contribution in [0, 0.1) is 11.3 Å². The highest BCUT2D eigenvalue weighted by molar-refractivity contribution is 5.90. The van der Waals surface area contributed by atoms with Crippen LogP contribution in [0.5, 0.6) is 0 Å². The summed E-state index contributed by atoms with van der Waals surface area (Å²) in [4.78, 5) is 13.2. The van der Waals surface area contributed by atoms with Gasteiger partial charge < -0.3 is 10.5 Å². The van der Waals surface area contributed by atoms with Crippen LogP contribution in [0.4, 0.5) is 10.5 Å². The first-order valence-electron chi connectivity index (χ1n) is 5.29. The number of hydrogen-bond acceptors (Lipinski definition) is 4. The van der Waals surface area contributed by atoms with Crippen molar-refractivity contribution < 1.29 is 9.53 Å². The molecule has 0 aliphatic carbocycles. The Bertz CT molecular complexity index is 478. The predicted molar refractivity (Wildman–Crippen MR) is 62.4 cm³/mol. The summed E-state index contributed by atoms with van der Waals surface area (Å²) in [5.74, 6) is 0. The predicted octanol–water partition coefficient (Wildman–Crippen LogP) is 1.23. The van der Waals surface area contributed by atoms with E-state index >= 15 is 0 Å². The summed E-state index contributed by atoms with van der Waals surface area (Å²) >= 11 is 0. The van der Waals surface area contributed by atoms with Gasteiger partial charge in [-0.1, -0.05) is 0 Å². The monoisotopic (exact) mass is 231 g/mol. The fourth-order valence-electron chi connectivity index (χ4n) is 1.72. The van der Waals surface area contributed by atoms with E-state index in [9.17, 15) is 4.79 Å². The maximum Gasteiger partial charge on any atom is 0.415 e. The second kappa shape index (κ2) is 4.07. The molecule has 0 saturated carbocycles. The number of nitriles is 1. The van der Waals surface area contributed by atoms with E-state index in [-0.39, 0.29) is 6.54 Å². The summed E-state index contributed by atoms with van der Waals surface area (Å²) in [5, 5.41) is 8.70. The van der Waals surface area contributed by atoms with Crippen LogP contribution in [0.3, 0.4) is 0 Å². The van der Waals surface area contributed by atoms with Crippen molar-refractivity contribution >= 4 is 11.8 Å². The van der Waals surface area contributed by atoms with Crippen LogP contribution in [-0.2, 0) is 4.74 Å². The van der Waals surface area contributed by atoms with Gasteiger partial charge in [-0.05, 0) is 31.2 Å². The van der Waals surface area contributed by atoms with E-state index in [1.807, 2.05) is 6.07 Å². The fraction of sp³-hybridized carbons (Fsp3) is 0.333. The van der Waals surface area contributed by atoms with Gasteiger partial charge in [0.2, 0.25) is 0 Å². The average Bonchev–Trinajstić information content (AvgIpc) is 2.66. The molecule has 2 rings (SSSR count). The largest absolute Gasteiger partial charge is 0.440 e. The molecule has 0 radical (unpaired) electrons. The molecular weight excluding hydrogens is 218 g/mol. The molecule has 1 amide bonds. The first kappa shape index (κ1) is 11.4. The molecule has 1 unspecified atom stereocenters. The highest BCUT2D eigenvalue weighted by Crippen LogP contribution is 2.27. The van der Waals surface area contributed by atoms with Crippen molar-refractivity contribution in [2.45, 2.75) is 12.5 Å². The lowest BCUT2D eigenvalue weighted by Crippen LogP contribution is -2.38. The molecule has 2 N–H and O–H groups in total. The highest BCUT2D eigenvalue weighted by Gasteiger charge is 2.40. The number of rotatable bonds is 2. The van der Waals surface area contributed by atoms with Crippen LogP contribution in [0.25, 0.3) is 0 Å². The number of carbonyl (C=O) groups excluding carboxylic acids is 1. The Kier molecular flexibility index (Phi) is 2.74. The molecule has 1 aliphatic heterocycles. The van der Waals surface area contributed by atoms with E-state index < -0.39 is 11.7 Å². The smallest absolute Gasteiger partial charge is 0.415 e. The third kappa shape index (κ3) is 2.08. The number of benzene rings is 1. The summed E-state index contributed by atoms with van der Waals surface area (Å²) in [5.41, 5.74) is 6.21. The highest BCUT2D eigenvalue weighted by atomic mass is 16.6. The Labute approximate surface area is 99.4 Å². The summed E-state index contributed by atoms with van der Waals surface area (Å²) < 4.78 is 5.22. The molecule has 1 aromatic carbocycles. The molecule has 0 bridgehead atoms. The molecule has 1 aromatic rings. The summed E-state index contributed by atoms with van der Waals surface area (Å²) in [6.45, 7) is 2.51. The molecule has 0 aromatic heterocycles. The molecule has 1 atom stereocenters. The lowest BCUT2D eigenvalue weighted by atomic mass is 10.1. The minimum Gasteiger partial charge on any atom is -0.440 e. The van der Waals surface area contributed by atoms with E-state index in [1.165, 1.54) is 4.90 Å². The molecule has 1 saturated heterocycles. The van der Waals surface area contributed by atoms with Crippen molar-refractivity contribution in [2.75, 3.05) is 18.0 Å². The Morgan fingerprint density at radius 1 is 1.53 bits per heavy atom. The number of hydrogen-bond donors (Lipinski definition) is 1. The Morgan fingerprint density at radius 2 is 2.18 bits per heavy atom. The molecule has 88 valence electrons. The summed E-state index contributed by atoms with van der Waals surface area (Å²) in [7, 11) is 0. The van der Waals surface area contributed by atoms with Gasteiger partial charge in [0, 0.05) is 12.2 Å². The standard InChI is InChI=1S/C12H13N3O2/c1-12(7-14)8-15(11(16)17-12)10-4-2-9(6-13)3-5-10/h2-5H,7-8,14H2,1H3. The fourth-order valence-corrected chi connectivity index (χ4v) is 1.72. The molecule has 17 heavy (non-hydrogen) atoms. The SMILES string of the molecule is CC1(CN)CN(c2ccc(C#N)cc2)C(=O)O1. The maximum atomic E-state index is 11.7. The summed E-state index contributed by atoms with van der Waals surface area (Å²) in [6, 6.07) is 8.81. The number of nitrogens with two attached hydrogens (primary N) is 1. The summed E-state index contributed by atoms with van der Waals surface area (Å²) in [6.07, 6.45) is -0.400. The van der Waals surface area contributed by atoms with Gasteiger partial charge in [0.15, 0.2) is 0 Å². The normalized spacial score (nSPS) is 23.4. The van der Waals surface area contributed by atoms with Gasteiger partial charge in [-0.3, -0.25) is 4.90 Å². The first-order valence-corrected chi connectivity index (χ1v) is 5.29. The van der Waals surface area contributed by atoms with Crippen LogP contribution in [-0.4, -0.2) is 24.8 Å². The number of nitrogens with zero attached hydrogens (tertiary/aromatic N) is 2. The zero-order valence-electron chi connectivity index (χ0n) is 9.51. The number of amides is 1. The third-order valence-corrected chi connectivity index (χ3v) is 2.79. The minimum absolute atomic E-state index is 0.283. The van der Waals surface area contributed by atoms with Gasteiger partial charge in [0.25, 0.3) is 0 Å². The first-order chi connectivity index (χ1) is 8.08. The van der Waals surface area contributed by atoms with Crippen molar-refractivity contribution in [1.29, 1.82) is 5.26 Å². The topological polar surface area (TPSA) is 79.4 Å². The Hall–Kier alpha value is -2.06. The second-order valence-electron chi connectivity index (χ2n) is 4.27. The van der Waals surface area contributed by atoms with Crippen molar-refractivity contribution in [1.82, 2.24) is 0 Å². The average molecular weight is 231 g/mol. The van der Waals surface area contributed by atoms with E-state index in [2.05, 4.69) is 0 Å². The number of carbonyl (C=O) groups is 1. The van der Waals surface area contributed by atoms with Gasteiger partial charge >= 0.3 is 6.09 Å². The van der Waals surface area contributed by atoms with Gasteiger partial charge in [-0.15, -0.1) is 0 Å². The third-order valence-electron chi connectivity index (χ3n) is 2.79. The van der Waals surface area contributed by atoms with Crippen LogP contribution in [0.15, 0.2) is 24.3 Å². The Morgan fingerprint density at radius 3 is 2.65 bits per heavy atom. The number of anilines is 1. The zero-order valence-corrected chi connectivity index (χ0v) is 9.51. The minimum atomic E-state index is -0.634. The maximum absolute atomic E-state index is 11.7. The van der Waals surface area contributed by atoms with Crippen LogP contribution in [0.2, 0.25) is 0 Å². The molecule has 1 aliphatic rings.